The first kappa shape index (κ1) is 13.4. The molecule has 1 aliphatic carbocycles. The van der Waals surface area contributed by atoms with Gasteiger partial charge in [0, 0.05) is 5.38 Å². The first-order valence-corrected chi connectivity index (χ1v) is 8.00. The van der Waals surface area contributed by atoms with Crippen LogP contribution >= 0.6 is 22.9 Å². The number of thiophene rings is 1. The van der Waals surface area contributed by atoms with Crippen LogP contribution < -0.4 is 0 Å². The van der Waals surface area contributed by atoms with E-state index in [1.54, 1.807) is 11.3 Å². The van der Waals surface area contributed by atoms with Crippen LogP contribution in [0.2, 0.25) is 0 Å². The zero-order chi connectivity index (χ0) is 12.5. The van der Waals surface area contributed by atoms with Crippen molar-refractivity contribution in [3.63, 3.8) is 0 Å². The quantitative estimate of drug-likeness (QED) is 0.635. The van der Waals surface area contributed by atoms with Crippen molar-refractivity contribution in [1.29, 1.82) is 0 Å². The maximum atomic E-state index is 6.52. The van der Waals surface area contributed by atoms with E-state index in [4.69, 9.17) is 11.6 Å². The summed E-state index contributed by atoms with van der Waals surface area (Å²) in [6.45, 7) is 7.11. The molecule has 0 N–H and O–H groups in total. The molecule has 1 aliphatic rings. The molecule has 96 valence electrons. The van der Waals surface area contributed by atoms with E-state index in [-0.39, 0.29) is 0 Å². The Morgan fingerprint density at radius 3 is 2.71 bits per heavy atom. The number of hydrogen-bond acceptors (Lipinski definition) is 1. The van der Waals surface area contributed by atoms with Crippen molar-refractivity contribution in [1.82, 2.24) is 0 Å². The lowest BCUT2D eigenvalue weighted by molar-refractivity contribution is 0.144. The average molecular weight is 271 g/mol. The van der Waals surface area contributed by atoms with Crippen molar-refractivity contribution in [2.45, 2.75) is 51.8 Å². The molecule has 0 aliphatic heterocycles. The van der Waals surface area contributed by atoms with E-state index < -0.39 is 0 Å². The molecule has 1 aromatic heterocycles. The van der Waals surface area contributed by atoms with E-state index in [2.05, 4.69) is 37.6 Å². The number of alkyl halides is 1. The van der Waals surface area contributed by atoms with E-state index in [0.717, 1.165) is 5.92 Å². The summed E-state index contributed by atoms with van der Waals surface area (Å²) >= 11 is 8.31. The van der Waals surface area contributed by atoms with Crippen LogP contribution in [-0.2, 0) is 6.42 Å². The van der Waals surface area contributed by atoms with Crippen LogP contribution in [0.4, 0.5) is 0 Å². The molecular formula is C15H23ClS. The molecule has 3 atom stereocenters. The molecule has 2 heteroatoms. The minimum Gasteiger partial charge on any atom is -0.152 e. The number of hydrogen-bond donors (Lipinski definition) is 0. The molecule has 1 saturated carbocycles. The lowest BCUT2D eigenvalue weighted by atomic mass is 9.68. The van der Waals surface area contributed by atoms with Gasteiger partial charge >= 0.3 is 0 Å². The van der Waals surface area contributed by atoms with Crippen molar-refractivity contribution < 1.29 is 0 Å². The summed E-state index contributed by atoms with van der Waals surface area (Å²) in [6.07, 6.45) is 4.97. The normalized spacial score (nSPS) is 30.5. The van der Waals surface area contributed by atoms with Gasteiger partial charge in [0.15, 0.2) is 0 Å². The second kappa shape index (κ2) is 5.32. The van der Waals surface area contributed by atoms with Crippen molar-refractivity contribution in [3.05, 3.63) is 22.4 Å². The predicted octanol–water partition coefficient (Wildman–Crippen LogP) is 5.36. The van der Waals surface area contributed by atoms with Gasteiger partial charge in [-0.05, 0) is 65.3 Å². The molecule has 3 unspecified atom stereocenters. The van der Waals surface area contributed by atoms with Crippen LogP contribution in [0.1, 0.15) is 45.6 Å². The van der Waals surface area contributed by atoms with Gasteiger partial charge in [-0.15, -0.1) is 11.6 Å². The molecule has 0 spiro atoms. The average Bonchev–Trinajstić information content (AvgIpc) is 2.72. The largest absolute Gasteiger partial charge is 0.152 e. The molecule has 2 rings (SSSR count). The monoisotopic (exact) mass is 270 g/mol. The van der Waals surface area contributed by atoms with Crippen molar-refractivity contribution in [2.75, 3.05) is 0 Å². The van der Waals surface area contributed by atoms with Gasteiger partial charge in [0.05, 0.1) is 0 Å². The fourth-order valence-electron chi connectivity index (χ4n) is 2.94. The second-order valence-corrected chi connectivity index (χ2v) is 7.83. The Labute approximate surface area is 114 Å². The van der Waals surface area contributed by atoms with Gasteiger partial charge in [-0.2, -0.15) is 11.3 Å². The molecule has 1 fully saturated rings. The summed E-state index contributed by atoms with van der Waals surface area (Å²) in [5.74, 6) is 1.50. The fourth-order valence-corrected chi connectivity index (χ4v) is 3.94. The van der Waals surface area contributed by atoms with Crippen LogP contribution in [-0.4, -0.2) is 5.38 Å². The van der Waals surface area contributed by atoms with E-state index in [1.165, 1.54) is 31.2 Å². The van der Waals surface area contributed by atoms with E-state index in [9.17, 15) is 0 Å². The fraction of sp³-hybridized carbons (Fsp3) is 0.733. The summed E-state index contributed by atoms with van der Waals surface area (Å²) in [5.41, 5.74) is 1.91. The molecule has 0 amide bonds. The molecule has 17 heavy (non-hydrogen) atoms. The number of rotatable bonds is 2. The van der Waals surface area contributed by atoms with Gasteiger partial charge in [-0.3, -0.25) is 0 Å². The molecule has 1 aromatic rings. The standard InChI is InChI=1S/C15H23ClS/c1-15(2,3)13-4-5-14(16)12(9-13)8-11-6-7-17-10-11/h6-7,10,12-14H,4-5,8-9H2,1-3H3. The molecular weight excluding hydrogens is 248 g/mol. The number of halogens is 1. The molecule has 0 radical (unpaired) electrons. The minimum atomic E-state index is 0.383. The summed E-state index contributed by atoms with van der Waals surface area (Å²) in [5, 5.41) is 4.82. The Balaban J connectivity index is 2.00. The van der Waals surface area contributed by atoms with Gasteiger partial charge in [0.25, 0.3) is 0 Å². The SMILES string of the molecule is CC(C)(C)C1CCC(Cl)C(Cc2ccsc2)C1. The zero-order valence-electron chi connectivity index (χ0n) is 11.1. The van der Waals surface area contributed by atoms with Crippen LogP contribution in [0.5, 0.6) is 0 Å². The van der Waals surface area contributed by atoms with Crippen molar-refractivity contribution >= 4 is 22.9 Å². The molecule has 0 aromatic carbocycles. The summed E-state index contributed by atoms with van der Waals surface area (Å²) in [4.78, 5) is 0. The van der Waals surface area contributed by atoms with Crippen molar-refractivity contribution in [3.8, 4) is 0 Å². The summed E-state index contributed by atoms with van der Waals surface area (Å²) in [7, 11) is 0. The summed E-state index contributed by atoms with van der Waals surface area (Å²) in [6, 6.07) is 2.25. The van der Waals surface area contributed by atoms with Gasteiger partial charge in [-0.25, -0.2) is 0 Å². The van der Waals surface area contributed by atoms with Crippen LogP contribution in [0.25, 0.3) is 0 Å². The maximum absolute atomic E-state index is 6.52. The zero-order valence-corrected chi connectivity index (χ0v) is 12.7. The van der Waals surface area contributed by atoms with Crippen molar-refractivity contribution in [2.24, 2.45) is 17.3 Å². The third kappa shape index (κ3) is 3.48. The summed E-state index contributed by atoms with van der Waals surface area (Å²) < 4.78 is 0. The highest BCUT2D eigenvalue weighted by Gasteiger charge is 2.34. The Hall–Kier alpha value is -0.0100. The van der Waals surface area contributed by atoms with E-state index in [0.29, 0.717) is 16.7 Å². The molecule has 0 nitrogen and oxygen atoms in total. The Kier molecular flexibility index (Phi) is 4.20. The predicted molar refractivity (Wildman–Crippen MR) is 78.0 cm³/mol. The first-order valence-electron chi connectivity index (χ1n) is 6.62. The van der Waals surface area contributed by atoms with Gasteiger partial charge in [0.2, 0.25) is 0 Å². The van der Waals surface area contributed by atoms with Crippen LogP contribution in [0.15, 0.2) is 16.8 Å². The Morgan fingerprint density at radius 2 is 2.12 bits per heavy atom. The highest BCUT2D eigenvalue weighted by atomic mass is 35.5. The van der Waals surface area contributed by atoms with E-state index in [1.807, 2.05) is 0 Å². The molecule has 0 bridgehead atoms. The minimum absolute atomic E-state index is 0.383. The smallest absolute Gasteiger partial charge is 0.0367 e. The second-order valence-electron chi connectivity index (χ2n) is 6.49. The highest BCUT2D eigenvalue weighted by Crippen LogP contribution is 2.43. The third-order valence-electron chi connectivity index (χ3n) is 4.19. The Bertz CT molecular complexity index is 336. The molecule has 0 saturated heterocycles. The van der Waals surface area contributed by atoms with Crippen LogP contribution in [0, 0.1) is 17.3 Å². The van der Waals surface area contributed by atoms with Gasteiger partial charge < -0.3 is 0 Å². The highest BCUT2D eigenvalue weighted by molar-refractivity contribution is 7.07. The van der Waals surface area contributed by atoms with Crippen LogP contribution in [0.3, 0.4) is 0 Å². The maximum Gasteiger partial charge on any atom is 0.0367 e. The Morgan fingerprint density at radius 1 is 1.35 bits per heavy atom. The molecule has 1 heterocycles. The first-order chi connectivity index (χ1) is 7.97. The van der Waals surface area contributed by atoms with Gasteiger partial charge in [-0.1, -0.05) is 20.8 Å². The van der Waals surface area contributed by atoms with Gasteiger partial charge in [0.1, 0.15) is 0 Å². The lowest BCUT2D eigenvalue weighted by Gasteiger charge is -2.40. The third-order valence-corrected chi connectivity index (χ3v) is 5.50. The lowest BCUT2D eigenvalue weighted by Crippen LogP contribution is -2.33. The van der Waals surface area contributed by atoms with E-state index >= 15 is 0 Å². The topological polar surface area (TPSA) is 0 Å².